The second-order valence-electron chi connectivity index (χ2n) is 4.20. The van der Waals surface area contributed by atoms with Crippen LogP contribution < -0.4 is 5.32 Å². The Morgan fingerprint density at radius 3 is 2.62 bits per heavy atom. The zero-order valence-electron chi connectivity index (χ0n) is 10.9. The van der Waals surface area contributed by atoms with Crippen molar-refractivity contribution >= 4 is 39.3 Å². The Morgan fingerprint density at radius 2 is 1.90 bits per heavy atom. The molecule has 1 N–H and O–H groups in total. The lowest BCUT2D eigenvalue weighted by molar-refractivity contribution is -0.115. The van der Waals surface area contributed by atoms with Crippen molar-refractivity contribution in [1.82, 2.24) is 0 Å². The third-order valence-corrected chi connectivity index (χ3v) is 4.17. The van der Waals surface area contributed by atoms with Crippen LogP contribution in [0, 0.1) is 11.6 Å². The molecule has 2 aromatic carbocycles. The Labute approximate surface area is 134 Å². The van der Waals surface area contributed by atoms with Crippen molar-refractivity contribution in [3.8, 4) is 0 Å². The number of halogens is 3. The van der Waals surface area contributed by atoms with Crippen LogP contribution in [0.3, 0.4) is 0 Å². The van der Waals surface area contributed by atoms with Gasteiger partial charge in [-0.3, -0.25) is 4.79 Å². The molecule has 2 nitrogen and oxygen atoms in total. The Hall–Kier alpha value is -1.40. The van der Waals surface area contributed by atoms with Crippen LogP contribution in [0.5, 0.6) is 0 Å². The fourth-order valence-electron chi connectivity index (χ4n) is 1.62. The largest absolute Gasteiger partial charge is 0.324 e. The number of rotatable bonds is 5. The molecule has 0 aliphatic rings. The van der Waals surface area contributed by atoms with Crippen molar-refractivity contribution in [1.29, 1.82) is 0 Å². The van der Waals surface area contributed by atoms with Crippen molar-refractivity contribution in [3.05, 3.63) is 58.6 Å². The molecule has 2 aromatic rings. The molecule has 0 saturated carbocycles. The number of carbonyl (C=O) groups excluding carboxylic acids is 1. The molecule has 0 fully saturated rings. The van der Waals surface area contributed by atoms with Crippen LogP contribution in [0.2, 0.25) is 0 Å². The quantitative estimate of drug-likeness (QED) is 0.761. The Morgan fingerprint density at radius 1 is 1.14 bits per heavy atom. The molecule has 0 aromatic heterocycles. The molecule has 0 spiro atoms. The maximum atomic E-state index is 13.6. The van der Waals surface area contributed by atoms with Crippen LogP contribution in [0.25, 0.3) is 0 Å². The molecule has 0 saturated heterocycles. The summed E-state index contributed by atoms with van der Waals surface area (Å²) in [6.07, 6.45) is 0.175. The lowest BCUT2D eigenvalue weighted by atomic mass is 10.3. The van der Waals surface area contributed by atoms with Crippen LogP contribution in [0.1, 0.15) is 6.42 Å². The Balaban J connectivity index is 1.84. The van der Waals surface area contributed by atoms with Gasteiger partial charge in [-0.2, -0.15) is 0 Å². The molecule has 1 amide bonds. The van der Waals surface area contributed by atoms with E-state index >= 15 is 0 Å². The molecule has 6 heteroatoms. The summed E-state index contributed by atoms with van der Waals surface area (Å²) >= 11 is 4.40. The molecule has 0 radical (unpaired) electrons. The van der Waals surface area contributed by atoms with E-state index in [4.69, 9.17) is 0 Å². The van der Waals surface area contributed by atoms with E-state index in [0.717, 1.165) is 0 Å². The summed E-state index contributed by atoms with van der Waals surface area (Å²) in [5, 5.41) is 2.50. The zero-order chi connectivity index (χ0) is 15.2. The number of amides is 1. The monoisotopic (exact) mass is 371 g/mol. The van der Waals surface area contributed by atoms with Crippen molar-refractivity contribution < 1.29 is 13.6 Å². The van der Waals surface area contributed by atoms with Gasteiger partial charge in [0.15, 0.2) is 0 Å². The first-order valence-electron chi connectivity index (χ1n) is 6.18. The van der Waals surface area contributed by atoms with Gasteiger partial charge in [-0.1, -0.05) is 28.1 Å². The number of nitrogens with one attached hydrogen (secondary N) is 1. The summed E-state index contributed by atoms with van der Waals surface area (Å²) in [5.41, 5.74) is 0.138. The second-order valence-corrected chi connectivity index (χ2v) is 6.25. The number of benzene rings is 2. The van der Waals surface area contributed by atoms with Crippen molar-refractivity contribution in [3.63, 3.8) is 0 Å². The number of thioether (sulfide) groups is 1. The Bertz CT molecular complexity index is 651. The molecule has 2 rings (SSSR count). The van der Waals surface area contributed by atoms with Gasteiger partial charge in [0.1, 0.15) is 11.6 Å². The molecule has 21 heavy (non-hydrogen) atoms. The van der Waals surface area contributed by atoms with E-state index in [1.165, 1.54) is 30.0 Å². The van der Waals surface area contributed by atoms with Gasteiger partial charge in [0.05, 0.1) is 5.69 Å². The topological polar surface area (TPSA) is 29.1 Å². The maximum absolute atomic E-state index is 13.6. The maximum Gasteiger partial charge on any atom is 0.225 e. The first kappa shape index (κ1) is 16.0. The molecule has 0 bridgehead atoms. The second kappa shape index (κ2) is 7.56. The van der Waals surface area contributed by atoms with E-state index in [1.807, 2.05) is 0 Å². The number of hydrogen-bond donors (Lipinski definition) is 1. The summed E-state index contributed by atoms with van der Waals surface area (Å²) in [7, 11) is 0. The molecular formula is C15H12BrF2NOS. The Kier molecular flexibility index (Phi) is 5.76. The zero-order valence-corrected chi connectivity index (χ0v) is 13.3. The summed E-state index contributed by atoms with van der Waals surface area (Å²) in [5.74, 6) is -0.688. The third-order valence-electron chi connectivity index (χ3n) is 2.63. The fraction of sp³-hybridized carbons (Fsp3) is 0.133. The predicted molar refractivity (Wildman–Crippen MR) is 84.5 cm³/mol. The molecule has 0 aliphatic heterocycles. The fourth-order valence-corrected chi connectivity index (χ4v) is 2.84. The van der Waals surface area contributed by atoms with Crippen LogP contribution in [-0.4, -0.2) is 11.7 Å². The van der Waals surface area contributed by atoms with Crippen LogP contribution in [0.4, 0.5) is 14.5 Å². The van der Waals surface area contributed by atoms with Crippen LogP contribution in [0.15, 0.2) is 51.8 Å². The van der Waals surface area contributed by atoms with Gasteiger partial charge >= 0.3 is 0 Å². The minimum Gasteiger partial charge on any atom is -0.324 e. The van der Waals surface area contributed by atoms with E-state index in [2.05, 4.69) is 21.2 Å². The van der Waals surface area contributed by atoms with E-state index in [9.17, 15) is 13.6 Å². The first-order valence-corrected chi connectivity index (χ1v) is 7.96. The van der Waals surface area contributed by atoms with Gasteiger partial charge in [0.25, 0.3) is 0 Å². The minimum absolute atomic E-state index is 0.138. The van der Waals surface area contributed by atoms with Crippen LogP contribution in [-0.2, 0) is 4.79 Å². The number of anilines is 1. The van der Waals surface area contributed by atoms with Gasteiger partial charge in [-0.25, -0.2) is 8.78 Å². The highest BCUT2D eigenvalue weighted by Gasteiger charge is 2.08. The lowest BCUT2D eigenvalue weighted by Crippen LogP contribution is -2.13. The average molecular weight is 372 g/mol. The number of hydrogen-bond acceptors (Lipinski definition) is 2. The van der Waals surface area contributed by atoms with Gasteiger partial charge < -0.3 is 5.32 Å². The summed E-state index contributed by atoms with van der Waals surface area (Å²) in [6.45, 7) is 0. The molecular weight excluding hydrogens is 360 g/mol. The van der Waals surface area contributed by atoms with E-state index in [-0.39, 0.29) is 23.8 Å². The molecule has 0 heterocycles. The average Bonchev–Trinajstić information content (AvgIpc) is 2.44. The lowest BCUT2D eigenvalue weighted by Gasteiger charge is -2.07. The summed E-state index contributed by atoms with van der Waals surface area (Å²) in [4.78, 5) is 12.2. The van der Waals surface area contributed by atoms with E-state index < -0.39 is 5.82 Å². The first-order chi connectivity index (χ1) is 10.1. The van der Waals surface area contributed by atoms with Crippen molar-refractivity contribution in [2.24, 2.45) is 0 Å². The van der Waals surface area contributed by atoms with E-state index in [0.29, 0.717) is 15.1 Å². The van der Waals surface area contributed by atoms with Crippen molar-refractivity contribution in [2.75, 3.05) is 11.1 Å². The van der Waals surface area contributed by atoms with Gasteiger partial charge in [0, 0.05) is 21.5 Å². The summed E-state index contributed by atoms with van der Waals surface area (Å²) < 4.78 is 27.5. The normalized spacial score (nSPS) is 10.4. The predicted octanol–water partition coefficient (Wildman–Crippen LogP) is 4.85. The minimum atomic E-state index is -0.500. The smallest absolute Gasteiger partial charge is 0.225 e. The van der Waals surface area contributed by atoms with Gasteiger partial charge in [-0.05, 0) is 30.3 Å². The third kappa shape index (κ3) is 4.82. The van der Waals surface area contributed by atoms with Crippen molar-refractivity contribution in [2.45, 2.75) is 11.3 Å². The van der Waals surface area contributed by atoms with E-state index in [1.54, 1.807) is 24.3 Å². The summed E-state index contributed by atoms with van der Waals surface area (Å²) in [6, 6.07) is 10.8. The number of carbonyl (C=O) groups is 1. The van der Waals surface area contributed by atoms with Gasteiger partial charge in [-0.15, -0.1) is 11.8 Å². The van der Waals surface area contributed by atoms with Gasteiger partial charge in [0.2, 0.25) is 5.91 Å². The molecule has 110 valence electrons. The highest BCUT2D eigenvalue weighted by molar-refractivity contribution is 9.10. The molecule has 0 unspecified atom stereocenters. The molecule has 0 atom stereocenters. The SMILES string of the molecule is O=C(CCSc1ccccc1F)Nc1ccc(Br)cc1F. The molecule has 0 aliphatic carbocycles. The van der Waals surface area contributed by atoms with Crippen LogP contribution >= 0.6 is 27.7 Å². The highest BCUT2D eigenvalue weighted by Crippen LogP contribution is 2.23. The standard InChI is InChI=1S/C15H12BrF2NOS/c16-10-5-6-13(12(18)9-10)19-15(20)7-8-21-14-4-2-1-3-11(14)17/h1-6,9H,7-8H2,(H,19,20). The highest BCUT2D eigenvalue weighted by atomic mass is 79.9.